The van der Waals surface area contributed by atoms with Crippen molar-refractivity contribution in [2.24, 2.45) is 5.41 Å². The minimum Gasteiger partial charge on any atom is -0.392 e. The van der Waals surface area contributed by atoms with E-state index in [2.05, 4.69) is 40.1 Å². The quantitative estimate of drug-likeness (QED) is 0.825. The Morgan fingerprint density at radius 2 is 2.31 bits per heavy atom. The third-order valence-corrected chi connectivity index (χ3v) is 4.49. The van der Waals surface area contributed by atoms with E-state index in [0.717, 1.165) is 16.6 Å². The van der Waals surface area contributed by atoms with Crippen LogP contribution in [-0.4, -0.2) is 22.2 Å². The zero-order valence-corrected chi connectivity index (χ0v) is 11.5. The number of aliphatic hydroxyl groups is 1. The van der Waals surface area contributed by atoms with Gasteiger partial charge in [-0.3, -0.25) is 0 Å². The topological polar surface area (TPSA) is 45.1 Å². The average Bonchev–Trinajstić information content (AvgIpc) is 2.23. The number of nitrogens with zero attached hydrogens (tertiary/aromatic N) is 1. The number of halogens is 2. The number of rotatable bonds is 2. The van der Waals surface area contributed by atoms with Crippen LogP contribution in [0, 0.1) is 5.41 Å². The van der Waals surface area contributed by atoms with E-state index < -0.39 is 0 Å². The predicted octanol–water partition coefficient (Wildman–Crippen LogP) is 3.07. The molecule has 2 rings (SSSR count). The van der Waals surface area contributed by atoms with Crippen LogP contribution in [0.5, 0.6) is 0 Å². The van der Waals surface area contributed by atoms with Crippen molar-refractivity contribution in [3.8, 4) is 0 Å². The molecular weight excluding hydrogens is 291 g/mol. The van der Waals surface area contributed by atoms with Crippen LogP contribution in [0.4, 0.5) is 5.69 Å². The first-order valence-electron chi connectivity index (χ1n) is 5.17. The summed E-state index contributed by atoms with van der Waals surface area (Å²) in [7, 11) is 0. The van der Waals surface area contributed by atoms with E-state index in [1.807, 2.05) is 6.07 Å². The van der Waals surface area contributed by atoms with E-state index in [9.17, 15) is 5.11 Å². The Bertz CT molecular complexity index is 411. The van der Waals surface area contributed by atoms with Crippen molar-refractivity contribution in [2.45, 2.75) is 32.4 Å². The standard InChI is InChI=1S/C11H14BrClN2O/c1-11(2)8(4-9(11)16)15-6-3-7(12)10(13)14-5-6/h3,5,8-9,15-16H,4H2,1-2H3. The minimum atomic E-state index is -0.228. The van der Waals surface area contributed by atoms with Gasteiger partial charge in [-0.1, -0.05) is 25.4 Å². The Morgan fingerprint density at radius 1 is 1.62 bits per heavy atom. The molecule has 2 N–H and O–H groups in total. The fourth-order valence-electron chi connectivity index (χ4n) is 1.85. The highest BCUT2D eigenvalue weighted by atomic mass is 79.9. The highest BCUT2D eigenvalue weighted by molar-refractivity contribution is 9.10. The van der Waals surface area contributed by atoms with Crippen molar-refractivity contribution in [1.29, 1.82) is 0 Å². The monoisotopic (exact) mass is 304 g/mol. The Hall–Kier alpha value is -0.320. The molecule has 1 saturated carbocycles. The maximum atomic E-state index is 9.64. The minimum absolute atomic E-state index is 0.0912. The number of pyridine rings is 1. The lowest BCUT2D eigenvalue weighted by Crippen LogP contribution is -2.56. The summed E-state index contributed by atoms with van der Waals surface area (Å²) in [5.41, 5.74) is 0.827. The molecule has 2 unspecified atom stereocenters. The summed E-state index contributed by atoms with van der Waals surface area (Å²) in [6, 6.07) is 2.17. The van der Waals surface area contributed by atoms with Crippen LogP contribution >= 0.6 is 27.5 Å². The molecule has 1 aliphatic carbocycles. The highest BCUT2D eigenvalue weighted by Crippen LogP contribution is 2.42. The molecule has 5 heteroatoms. The van der Waals surface area contributed by atoms with Crippen molar-refractivity contribution in [3.63, 3.8) is 0 Å². The Kier molecular flexibility index (Phi) is 3.16. The molecule has 0 radical (unpaired) electrons. The van der Waals surface area contributed by atoms with Crippen LogP contribution in [0.3, 0.4) is 0 Å². The van der Waals surface area contributed by atoms with E-state index in [1.54, 1.807) is 6.20 Å². The van der Waals surface area contributed by atoms with Gasteiger partial charge in [0.25, 0.3) is 0 Å². The summed E-state index contributed by atoms with van der Waals surface area (Å²) in [5, 5.41) is 13.4. The first-order valence-corrected chi connectivity index (χ1v) is 6.34. The van der Waals surface area contributed by atoms with Gasteiger partial charge in [0.15, 0.2) is 0 Å². The van der Waals surface area contributed by atoms with Crippen molar-refractivity contribution < 1.29 is 5.11 Å². The predicted molar refractivity (Wildman–Crippen MR) is 68.8 cm³/mol. The van der Waals surface area contributed by atoms with Crippen LogP contribution in [-0.2, 0) is 0 Å². The van der Waals surface area contributed by atoms with Gasteiger partial charge in [-0.25, -0.2) is 4.98 Å². The Balaban J connectivity index is 2.08. The van der Waals surface area contributed by atoms with Crippen molar-refractivity contribution in [3.05, 3.63) is 21.9 Å². The number of hydrogen-bond donors (Lipinski definition) is 2. The number of nitrogens with one attached hydrogen (secondary N) is 1. The third kappa shape index (κ3) is 2.06. The second kappa shape index (κ2) is 4.17. The van der Waals surface area contributed by atoms with E-state index in [-0.39, 0.29) is 17.6 Å². The van der Waals surface area contributed by atoms with Gasteiger partial charge in [-0.15, -0.1) is 0 Å². The lowest BCUT2D eigenvalue weighted by atomic mass is 9.64. The molecule has 0 aromatic carbocycles. The van der Waals surface area contributed by atoms with Gasteiger partial charge < -0.3 is 10.4 Å². The molecule has 1 aliphatic rings. The number of aromatic nitrogens is 1. The molecule has 0 bridgehead atoms. The molecule has 0 amide bonds. The van der Waals surface area contributed by atoms with Crippen molar-refractivity contribution >= 4 is 33.2 Å². The lowest BCUT2D eigenvalue weighted by molar-refractivity contribution is -0.0510. The van der Waals surface area contributed by atoms with Crippen molar-refractivity contribution in [2.75, 3.05) is 5.32 Å². The van der Waals surface area contributed by atoms with Crippen LogP contribution in [0.1, 0.15) is 20.3 Å². The van der Waals surface area contributed by atoms with E-state index in [4.69, 9.17) is 11.6 Å². The molecule has 1 aromatic rings. The Labute approximate surface area is 108 Å². The smallest absolute Gasteiger partial charge is 0.143 e. The molecule has 1 fully saturated rings. The summed E-state index contributed by atoms with van der Waals surface area (Å²) in [4.78, 5) is 4.05. The maximum absolute atomic E-state index is 9.64. The van der Waals surface area contributed by atoms with Gasteiger partial charge in [0.2, 0.25) is 0 Å². The summed E-state index contributed by atoms with van der Waals surface area (Å²) in [6.07, 6.45) is 2.25. The maximum Gasteiger partial charge on any atom is 0.143 e. The first-order chi connectivity index (χ1) is 7.41. The summed E-state index contributed by atoms with van der Waals surface area (Å²) in [6.45, 7) is 4.11. The largest absolute Gasteiger partial charge is 0.392 e. The fourth-order valence-corrected chi connectivity index (χ4v) is 2.30. The summed E-state index contributed by atoms with van der Waals surface area (Å²) < 4.78 is 0.775. The lowest BCUT2D eigenvalue weighted by Gasteiger charge is -2.49. The number of hydrogen-bond acceptors (Lipinski definition) is 3. The molecule has 0 saturated heterocycles. The molecular formula is C11H14BrClN2O. The second-order valence-electron chi connectivity index (χ2n) is 4.77. The first kappa shape index (κ1) is 12.1. The third-order valence-electron chi connectivity index (χ3n) is 3.35. The molecule has 1 aromatic heterocycles. The summed E-state index contributed by atoms with van der Waals surface area (Å²) >= 11 is 9.15. The van der Waals surface area contributed by atoms with E-state index >= 15 is 0 Å². The number of aliphatic hydroxyl groups excluding tert-OH is 1. The van der Waals surface area contributed by atoms with Gasteiger partial charge in [0.1, 0.15) is 5.15 Å². The van der Waals surface area contributed by atoms with Gasteiger partial charge in [0, 0.05) is 11.5 Å². The van der Waals surface area contributed by atoms with Crippen LogP contribution in [0.2, 0.25) is 5.15 Å². The van der Waals surface area contributed by atoms with Gasteiger partial charge >= 0.3 is 0 Å². The fraction of sp³-hybridized carbons (Fsp3) is 0.545. The molecule has 16 heavy (non-hydrogen) atoms. The normalized spacial score (nSPS) is 27.3. The van der Waals surface area contributed by atoms with Crippen LogP contribution in [0.25, 0.3) is 0 Å². The van der Waals surface area contributed by atoms with Gasteiger partial charge in [-0.2, -0.15) is 0 Å². The van der Waals surface area contributed by atoms with Crippen molar-refractivity contribution in [1.82, 2.24) is 4.98 Å². The molecule has 2 atom stereocenters. The zero-order chi connectivity index (χ0) is 11.9. The van der Waals surface area contributed by atoms with E-state index in [1.165, 1.54) is 0 Å². The van der Waals surface area contributed by atoms with Crippen LogP contribution < -0.4 is 5.32 Å². The number of anilines is 1. The van der Waals surface area contributed by atoms with Gasteiger partial charge in [-0.05, 0) is 28.4 Å². The molecule has 1 heterocycles. The summed E-state index contributed by atoms with van der Waals surface area (Å²) in [5.74, 6) is 0. The van der Waals surface area contributed by atoms with E-state index in [0.29, 0.717) is 5.15 Å². The zero-order valence-electron chi connectivity index (χ0n) is 9.17. The molecule has 3 nitrogen and oxygen atoms in total. The molecule has 0 spiro atoms. The molecule has 0 aliphatic heterocycles. The molecule has 88 valence electrons. The second-order valence-corrected chi connectivity index (χ2v) is 5.98. The average molecular weight is 306 g/mol. The SMILES string of the molecule is CC1(C)C(O)CC1Nc1cnc(Cl)c(Br)c1. The Morgan fingerprint density at radius 3 is 2.81 bits per heavy atom. The highest BCUT2D eigenvalue weighted by Gasteiger charge is 2.47. The van der Waals surface area contributed by atoms with Crippen LogP contribution in [0.15, 0.2) is 16.7 Å². The van der Waals surface area contributed by atoms with Gasteiger partial charge in [0.05, 0.1) is 22.5 Å².